The van der Waals surface area contributed by atoms with Gasteiger partial charge in [0.1, 0.15) is 11.2 Å². The van der Waals surface area contributed by atoms with Crippen molar-refractivity contribution in [2.24, 2.45) is 5.41 Å². The van der Waals surface area contributed by atoms with E-state index in [0.717, 1.165) is 18.4 Å². The molecule has 114 valence electrons. The second-order valence-corrected chi connectivity index (χ2v) is 6.20. The first kappa shape index (κ1) is 16.1. The number of carbonyl (C=O) groups is 2. The van der Waals surface area contributed by atoms with Gasteiger partial charge >= 0.3 is 5.97 Å². The predicted octanol–water partition coefficient (Wildman–Crippen LogP) is 3.82. The zero-order chi connectivity index (χ0) is 15.5. The zero-order valence-corrected chi connectivity index (χ0v) is 13.5. The first-order valence-corrected chi connectivity index (χ1v) is 7.93. The smallest absolute Gasteiger partial charge is 0.319 e. The van der Waals surface area contributed by atoms with E-state index in [1.165, 1.54) is 12.1 Å². The maximum absolute atomic E-state index is 13.2. The third-order valence-corrected chi connectivity index (χ3v) is 4.70. The van der Waals surface area contributed by atoms with Crippen molar-refractivity contribution in [3.63, 3.8) is 0 Å². The lowest BCUT2D eigenvalue weighted by atomic mass is 9.69. The summed E-state index contributed by atoms with van der Waals surface area (Å²) in [5, 5.41) is 0. The minimum atomic E-state index is -1.12. The molecule has 1 atom stereocenters. The van der Waals surface area contributed by atoms with E-state index in [9.17, 15) is 14.0 Å². The summed E-state index contributed by atoms with van der Waals surface area (Å²) in [5.74, 6) is -0.875. The van der Waals surface area contributed by atoms with Crippen LogP contribution >= 0.6 is 15.9 Å². The molecule has 0 spiro atoms. The summed E-state index contributed by atoms with van der Waals surface area (Å²) >= 11 is 3.30. The number of hydrogen-bond acceptors (Lipinski definition) is 3. The van der Waals surface area contributed by atoms with Crippen molar-refractivity contribution in [2.45, 2.75) is 39.0 Å². The number of benzene rings is 1. The van der Waals surface area contributed by atoms with Crippen LogP contribution in [0.4, 0.5) is 4.39 Å². The second-order valence-electron chi connectivity index (χ2n) is 5.35. The molecule has 0 heterocycles. The highest BCUT2D eigenvalue weighted by Crippen LogP contribution is 2.39. The molecule has 1 aliphatic carbocycles. The van der Waals surface area contributed by atoms with Gasteiger partial charge in [0.15, 0.2) is 5.78 Å². The highest BCUT2D eigenvalue weighted by molar-refractivity contribution is 9.10. The van der Waals surface area contributed by atoms with E-state index in [2.05, 4.69) is 15.9 Å². The first-order valence-electron chi connectivity index (χ1n) is 7.14. The fraction of sp³-hybridized carbons (Fsp3) is 0.500. The molecule has 21 heavy (non-hydrogen) atoms. The number of hydrogen-bond donors (Lipinski definition) is 0. The summed E-state index contributed by atoms with van der Waals surface area (Å²) < 4.78 is 18.9. The van der Waals surface area contributed by atoms with E-state index in [0.29, 0.717) is 17.3 Å². The Morgan fingerprint density at radius 3 is 2.81 bits per heavy atom. The molecule has 1 aromatic rings. The predicted molar refractivity (Wildman–Crippen MR) is 80.3 cm³/mol. The number of ketones is 1. The lowest BCUT2D eigenvalue weighted by Gasteiger charge is -2.33. The van der Waals surface area contributed by atoms with Crippen LogP contribution in [0.25, 0.3) is 0 Å². The molecule has 1 saturated carbocycles. The van der Waals surface area contributed by atoms with Crippen LogP contribution in [0.15, 0.2) is 22.7 Å². The molecule has 0 aromatic heterocycles. The van der Waals surface area contributed by atoms with Crippen LogP contribution in [-0.4, -0.2) is 18.4 Å². The van der Waals surface area contributed by atoms with Crippen LogP contribution in [0.2, 0.25) is 0 Å². The fourth-order valence-corrected chi connectivity index (χ4v) is 3.32. The molecule has 0 radical (unpaired) electrons. The summed E-state index contributed by atoms with van der Waals surface area (Å²) in [6.45, 7) is 1.98. The minimum Gasteiger partial charge on any atom is -0.465 e. The van der Waals surface area contributed by atoms with Crippen molar-refractivity contribution < 1.29 is 18.7 Å². The van der Waals surface area contributed by atoms with Crippen LogP contribution in [0.3, 0.4) is 0 Å². The minimum absolute atomic E-state index is 0.0663. The van der Waals surface area contributed by atoms with Crippen LogP contribution < -0.4 is 0 Å². The van der Waals surface area contributed by atoms with Gasteiger partial charge in [0, 0.05) is 10.9 Å². The summed E-state index contributed by atoms with van der Waals surface area (Å²) in [5.41, 5.74) is -0.367. The number of halogens is 2. The number of rotatable bonds is 4. The van der Waals surface area contributed by atoms with Gasteiger partial charge < -0.3 is 4.74 Å². The number of esters is 1. The molecule has 0 N–H and O–H groups in total. The van der Waals surface area contributed by atoms with Gasteiger partial charge in [-0.25, -0.2) is 4.39 Å². The SMILES string of the molecule is CCOC(=O)C1(Cc2ccc(F)cc2Br)CCCCC1=O. The van der Waals surface area contributed by atoms with E-state index in [4.69, 9.17) is 4.74 Å². The Morgan fingerprint density at radius 2 is 2.19 bits per heavy atom. The van der Waals surface area contributed by atoms with Gasteiger partial charge in [-0.3, -0.25) is 9.59 Å². The molecule has 0 aliphatic heterocycles. The molecular formula is C16H18BrFO3. The van der Waals surface area contributed by atoms with Crippen molar-refractivity contribution >= 4 is 27.7 Å². The molecule has 1 unspecified atom stereocenters. The Hall–Kier alpha value is -1.23. The first-order chi connectivity index (χ1) is 9.99. The Bertz CT molecular complexity index is 558. The average molecular weight is 357 g/mol. The molecular weight excluding hydrogens is 339 g/mol. The third-order valence-electron chi connectivity index (χ3n) is 3.96. The highest BCUT2D eigenvalue weighted by atomic mass is 79.9. The van der Waals surface area contributed by atoms with E-state index in [-0.39, 0.29) is 24.6 Å². The Balaban J connectivity index is 2.35. The standard InChI is InChI=1S/C16H18BrFO3/c1-2-21-15(20)16(8-4-3-5-14(16)19)10-11-6-7-12(18)9-13(11)17/h6-7,9H,2-5,8,10H2,1H3. The number of carbonyl (C=O) groups excluding carboxylic acids is 2. The van der Waals surface area contributed by atoms with Crippen molar-refractivity contribution in [1.82, 2.24) is 0 Å². The molecule has 0 amide bonds. The van der Waals surface area contributed by atoms with Crippen LogP contribution in [0.1, 0.15) is 38.2 Å². The van der Waals surface area contributed by atoms with Gasteiger partial charge in [-0.15, -0.1) is 0 Å². The van der Waals surface area contributed by atoms with E-state index < -0.39 is 11.4 Å². The molecule has 1 aromatic carbocycles. The van der Waals surface area contributed by atoms with Gasteiger partial charge in [0.2, 0.25) is 0 Å². The normalized spacial score (nSPS) is 22.1. The van der Waals surface area contributed by atoms with Gasteiger partial charge in [0.25, 0.3) is 0 Å². The van der Waals surface area contributed by atoms with E-state index >= 15 is 0 Å². The largest absolute Gasteiger partial charge is 0.465 e. The van der Waals surface area contributed by atoms with E-state index in [1.807, 2.05) is 0 Å². The van der Waals surface area contributed by atoms with Crippen molar-refractivity contribution in [3.8, 4) is 0 Å². The molecule has 0 saturated heterocycles. The molecule has 1 aliphatic rings. The monoisotopic (exact) mass is 356 g/mol. The summed E-state index contributed by atoms with van der Waals surface area (Å²) in [7, 11) is 0. The zero-order valence-electron chi connectivity index (χ0n) is 12.0. The maximum Gasteiger partial charge on any atom is 0.319 e. The second kappa shape index (κ2) is 6.69. The van der Waals surface area contributed by atoms with Gasteiger partial charge in [-0.2, -0.15) is 0 Å². The van der Waals surface area contributed by atoms with Gasteiger partial charge in [0.05, 0.1) is 6.61 Å². The van der Waals surface area contributed by atoms with Crippen LogP contribution in [0, 0.1) is 11.2 Å². The molecule has 1 fully saturated rings. The molecule has 0 bridgehead atoms. The van der Waals surface area contributed by atoms with Gasteiger partial charge in [-0.05, 0) is 43.9 Å². The molecule has 3 nitrogen and oxygen atoms in total. The van der Waals surface area contributed by atoms with Crippen molar-refractivity contribution in [2.75, 3.05) is 6.61 Å². The molecule has 5 heteroatoms. The summed E-state index contributed by atoms with van der Waals surface area (Å²) in [6.07, 6.45) is 2.78. The number of Topliss-reactive ketones (excluding diaryl/α,β-unsaturated/α-hetero) is 1. The Kier molecular flexibility index (Phi) is 5.14. The number of ether oxygens (including phenoxy) is 1. The van der Waals surface area contributed by atoms with Crippen molar-refractivity contribution in [3.05, 3.63) is 34.1 Å². The lowest BCUT2D eigenvalue weighted by molar-refractivity contribution is -0.162. The summed E-state index contributed by atoms with van der Waals surface area (Å²) in [4.78, 5) is 24.8. The van der Waals surface area contributed by atoms with Crippen LogP contribution in [-0.2, 0) is 20.7 Å². The Labute approximate surface area is 132 Å². The fourth-order valence-electron chi connectivity index (χ4n) is 2.83. The van der Waals surface area contributed by atoms with Gasteiger partial charge in [-0.1, -0.05) is 28.4 Å². The summed E-state index contributed by atoms with van der Waals surface area (Å²) in [6, 6.07) is 4.30. The maximum atomic E-state index is 13.2. The third kappa shape index (κ3) is 3.34. The molecule has 2 rings (SSSR count). The van der Waals surface area contributed by atoms with E-state index in [1.54, 1.807) is 13.0 Å². The Morgan fingerprint density at radius 1 is 1.43 bits per heavy atom. The lowest BCUT2D eigenvalue weighted by Crippen LogP contribution is -2.44. The van der Waals surface area contributed by atoms with Crippen molar-refractivity contribution in [1.29, 1.82) is 0 Å². The highest BCUT2D eigenvalue weighted by Gasteiger charge is 2.48. The van der Waals surface area contributed by atoms with Crippen LogP contribution in [0.5, 0.6) is 0 Å². The topological polar surface area (TPSA) is 43.4 Å². The average Bonchev–Trinajstić information content (AvgIpc) is 2.44. The quantitative estimate of drug-likeness (QED) is 0.608.